The van der Waals surface area contributed by atoms with Gasteiger partial charge in [-0.3, -0.25) is 4.79 Å². The summed E-state index contributed by atoms with van der Waals surface area (Å²) in [7, 11) is 0. The van der Waals surface area contributed by atoms with Crippen molar-refractivity contribution < 1.29 is 9.18 Å². The van der Waals surface area contributed by atoms with E-state index in [0.717, 1.165) is 12.2 Å². The van der Waals surface area contributed by atoms with Gasteiger partial charge >= 0.3 is 0 Å². The molecule has 0 fully saturated rings. The molecule has 88 valence electrons. The highest BCUT2D eigenvalue weighted by Gasteiger charge is 2.12. The van der Waals surface area contributed by atoms with E-state index in [1.165, 1.54) is 19.1 Å². The van der Waals surface area contributed by atoms with Crippen molar-refractivity contribution in [3.63, 3.8) is 0 Å². The molecule has 2 rings (SSSR count). The van der Waals surface area contributed by atoms with Crippen LogP contribution in [0.4, 0.5) is 4.39 Å². The number of ketones is 1. The monoisotopic (exact) mass is 232 g/mol. The lowest BCUT2D eigenvalue weighted by atomic mass is 10.1. The van der Waals surface area contributed by atoms with Crippen molar-refractivity contribution in [2.45, 2.75) is 20.3 Å². The van der Waals surface area contributed by atoms with Crippen molar-refractivity contribution in [3.05, 3.63) is 47.8 Å². The molecule has 1 aromatic carbocycles. The minimum absolute atomic E-state index is 0.157. The Morgan fingerprint density at radius 3 is 2.88 bits per heavy atom. The maximum atomic E-state index is 13.2. The van der Waals surface area contributed by atoms with Gasteiger partial charge in [-0.05, 0) is 25.1 Å². The highest BCUT2D eigenvalue weighted by Crippen LogP contribution is 2.18. The number of rotatable bonds is 3. The van der Waals surface area contributed by atoms with Crippen LogP contribution in [0.3, 0.4) is 0 Å². The van der Waals surface area contributed by atoms with Crippen molar-refractivity contribution in [3.8, 4) is 5.69 Å². The van der Waals surface area contributed by atoms with E-state index in [2.05, 4.69) is 4.98 Å². The number of Topliss-reactive ketones (excluding diaryl/α,β-unsaturated/α-hetero) is 1. The molecule has 1 aromatic heterocycles. The summed E-state index contributed by atoms with van der Waals surface area (Å²) in [5.41, 5.74) is 1.05. The summed E-state index contributed by atoms with van der Waals surface area (Å²) in [6, 6.07) is 4.21. The number of imidazole rings is 1. The maximum Gasteiger partial charge on any atom is 0.162 e. The maximum absolute atomic E-state index is 13.2. The number of benzene rings is 1. The minimum Gasteiger partial charge on any atom is -0.303 e. The van der Waals surface area contributed by atoms with Crippen molar-refractivity contribution in [2.75, 3.05) is 0 Å². The smallest absolute Gasteiger partial charge is 0.162 e. The van der Waals surface area contributed by atoms with Gasteiger partial charge in [-0.25, -0.2) is 9.37 Å². The van der Waals surface area contributed by atoms with E-state index in [9.17, 15) is 9.18 Å². The average molecular weight is 232 g/mol. The van der Waals surface area contributed by atoms with Gasteiger partial charge in [-0.15, -0.1) is 0 Å². The molecule has 0 unspecified atom stereocenters. The molecule has 0 aliphatic heterocycles. The number of hydrogen-bond acceptors (Lipinski definition) is 2. The first-order chi connectivity index (χ1) is 8.13. The van der Waals surface area contributed by atoms with Crippen molar-refractivity contribution in [2.24, 2.45) is 0 Å². The van der Waals surface area contributed by atoms with Crippen molar-refractivity contribution >= 4 is 5.78 Å². The van der Waals surface area contributed by atoms with Gasteiger partial charge in [0.1, 0.15) is 11.6 Å². The predicted molar refractivity (Wildman–Crippen MR) is 62.9 cm³/mol. The third-order valence-corrected chi connectivity index (χ3v) is 2.63. The van der Waals surface area contributed by atoms with E-state index in [1.807, 2.05) is 11.5 Å². The second-order valence-electron chi connectivity index (χ2n) is 3.78. The molecule has 0 amide bonds. The van der Waals surface area contributed by atoms with E-state index in [-0.39, 0.29) is 5.78 Å². The molecular formula is C13H13FN2O. The van der Waals surface area contributed by atoms with Crippen LogP contribution in [0.15, 0.2) is 30.6 Å². The standard InChI is InChI=1S/C13H13FN2O/c1-3-13-15-6-7-16(13)12-5-4-10(14)8-11(12)9(2)17/h4-8H,3H2,1-2H3. The van der Waals surface area contributed by atoms with E-state index < -0.39 is 5.82 Å². The van der Waals surface area contributed by atoms with Crippen molar-refractivity contribution in [1.29, 1.82) is 0 Å². The SMILES string of the molecule is CCc1nccn1-c1ccc(F)cc1C(C)=O. The molecule has 0 aliphatic rings. The number of aromatic nitrogens is 2. The molecule has 0 saturated carbocycles. The number of halogens is 1. The third-order valence-electron chi connectivity index (χ3n) is 2.63. The summed E-state index contributed by atoms with van der Waals surface area (Å²) in [5.74, 6) is 0.284. The second-order valence-corrected chi connectivity index (χ2v) is 3.78. The molecule has 0 bridgehead atoms. The Bertz CT molecular complexity index is 560. The van der Waals surface area contributed by atoms with Crippen LogP contribution < -0.4 is 0 Å². The van der Waals surface area contributed by atoms with Gasteiger partial charge in [-0.1, -0.05) is 6.92 Å². The summed E-state index contributed by atoms with van der Waals surface area (Å²) in [6.07, 6.45) is 4.20. The van der Waals surface area contributed by atoms with Gasteiger partial charge in [0.2, 0.25) is 0 Å². The molecule has 4 heteroatoms. The van der Waals surface area contributed by atoms with E-state index in [0.29, 0.717) is 11.3 Å². The third kappa shape index (κ3) is 2.11. The second kappa shape index (κ2) is 4.49. The molecule has 0 saturated heterocycles. The van der Waals surface area contributed by atoms with E-state index in [1.54, 1.807) is 18.5 Å². The molecule has 3 nitrogen and oxygen atoms in total. The lowest BCUT2D eigenvalue weighted by Crippen LogP contribution is -2.06. The largest absolute Gasteiger partial charge is 0.303 e. The zero-order valence-corrected chi connectivity index (χ0v) is 9.77. The van der Waals surface area contributed by atoms with Gasteiger partial charge in [0.05, 0.1) is 5.69 Å². The lowest BCUT2D eigenvalue weighted by Gasteiger charge is -2.10. The van der Waals surface area contributed by atoms with Gasteiger partial charge in [0, 0.05) is 24.4 Å². The van der Waals surface area contributed by atoms with Crippen LogP contribution in [0.1, 0.15) is 30.0 Å². The fourth-order valence-electron chi connectivity index (χ4n) is 1.82. The Morgan fingerprint density at radius 2 is 2.24 bits per heavy atom. The molecule has 0 aliphatic carbocycles. The number of hydrogen-bond donors (Lipinski definition) is 0. The van der Waals surface area contributed by atoms with E-state index in [4.69, 9.17) is 0 Å². The average Bonchev–Trinajstić information content (AvgIpc) is 2.76. The Kier molecular flexibility index (Phi) is 3.04. The summed E-state index contributed by atoms with van der Waals surface area (Å²) in [4.78, 5) is 15.7. The molecule has 0 spiro atoms. The highest BCUT2D eigenvalue weighted by atomic mass is 19.1. The fraction of sp³-hybridized carbons (Fsp3) is 0.231. The summed E-state index contributed by atoms with van der Waals surface area (Å²) in [5, 5.41) is 0. The van der Waals surface area contributed by atoms with Crippen molar-refractivity contribution in [1.82, 2.24) is 9.55 Å². The topological polar surface area (TPSA) is 34.9 Å². The first kappa shape index (κ1) is 11.5. The lowest BCUT2D eigenvalue weighted by molar-refractivity contribution is 0.101. The quantitative estimate of drug-likeness (QED) is 0.763. The predicted octanol–water partition coefficient (Wildman–Crippen LogP) is 2.78. The molecular weight excluding hydrogens is 219 g/mol. The fourth-order valence-corrected chi connectivity index (χ4v) is 1.82. The molecule has 0 radical (unpaired) electrons. The molecule has 1 heterocycles. The first-order valence-corrected chi connectivity index (χ1v) is 5.46. The minimum atomic E-state index is -0.405. The van der Waals surface area contributed by atoms with E-state index >= 15 is 0 Å². The van der Waals surface area contributed by atoms with Crippen LogP contribution in [0.5, 0.6) is 0 Å². The zero-order chi connectivity index (χ0) is 12.4. The van der Waals surface area contributed by atoms with Crippen LogP contribution in [-0.4, -0.2) is 15.3 Å². The Labute approximate surface area is 98.9 Å². The highest BCUT2D eigenvalue weighted by molar-refractivity contribution is 5.97. The number of aryl methyl sites for hydroxylation is 1. The van der Waals surface area contributed by atoms with Gasteiger partial charge in [0.25, 0.3) is 0 Å². The van der Waals surface area contributed by atoms with Crippen LogP contribution in [0.2, 0.25) is 0 Å². The first-order valence-electron chi connectivity index (χ1n) is 5.46. The van der Waals surface area contributed by atoms with Gasteiger partial charge in [-0.2, -0.15) is 0 Å². The van der Waals surface area contributed by atoms with Crippen LogP contribution in [-0.2, 0) is 6.42 Å². The Balaban J connectivity index is 2.63. The van der Waals surface area contributed by atoms with Gasteiger partial charge in [0.15, 0.2) is 5.78 Å². The molecule has 0 atom stereocenters. The molecule has 2 aromatic rings. The molecule has 17 heavy (non-hydrogen) atoms. The number of nitrogens with zero attached hydrogens (tertiary/aromatic N) is 2. The summed E-state index contributed by atoms with van der Waals surface area (Å²) in [6.45, 7) is 3.41. The Morgan fingerprint density at radius 1 is 1.47 bits per heavy atom. The molecule has 0 N–H and O–H groups in total. The summed E-state index contributed by atoms with van der Waals surface area (Å²) >= 11 is 0. The summed E-state index contributed by atoms with van der Waals surface area (Å²) < 4.78 is 15.0. The number of carbonyl (C=O) groups excluding carboxylic acids is 1. The van der Waals surface area contributed by atoms with Crippen LogP contribution in [0, 0.1) is 5.82 Å². The van der Waals surface area contributed by atoms with Crippen LogP contribution >= 0.6 is 0 Å². The number of carbonyl (C=O) groups is 1. The normalized spacial score (nSPS) is 10.5. The van der Waals surface area contributed by atoms with Gasteiger partial charge < -0.3 is 4.57 Å². The zero-order valence-electron chi connectivity index (χ0n) is 9.77. The Hall–Kier alpha value is -1.97. The van der Waals surface area contributed by atoms with Crippen LogP contribution in [0.25, 0.3) is 5.69 Å².